The molecule has 2 rings (SSSR count). The Hall–Kier alpha value is -1.28. The van der Waals surface area contributed by atoms with Gasteiger partial charge in [-0.15, -0.1) is 11.8 Å². The van der Waals surface area contributed by atoms with Gasteiger partial charge in [-0.3, -0.25) is 9.59 Å². The van der Waals surface area contributed by atoms with Crippen LogP contribution in [0.3, 0.4) is 0 Å². The number of rotatable bonds is 3. The van der Waals surface area contributed by atoms with E-state index in [2.05, 4.69) is 5.32 Å². The molecule has 2 aliphatic heterocycles. The molecule has 2 amide bonds. The van der Waals surface area contributed by atoms with Crippen molar-refractivity contribution >= 4 is 29.5 Å². The molecule has 2 fully saturated rings. The van der Waals surface area contributed by atoms with Crippen molar-refractivity contribution in [2.24, 2.45) is 5.73 Å². The molecule has 3 atom stereocenters. The number of carboxylic acids is 1. The third-order valence-corrected chi connectivity index (χ3v) is 4.75. The first-order chi connectivity index (χ1) is 8.29. The van der Waals surface area contributed by atoms with Crippen molar-refractivity contribution in [3.05, 3.63) is 0 Å². The summed E-state index contributed by atoms with van der Waals surface area (Å²) in [6.07, 6.45) is 0. The summed E-state index contributed by atoms with van der Waals surface area (Å²) in [6.45, 7) is 3.38. The van der Waals surface area contributed by atoms with Crippen LogP contribution < -0.4 is 11.1 Å². The van der Waals surface area contributed by atoms with Gasteiger partial charge in [0.1, 0.15) is 17.5 Å². The van der Waals surface area contributed by atoms with Crippen LogP contribution in [0.15, 0.2) is 0 Å². The van der Waals surface area contributed by atoms with Gasteiger partial charge in [0.05, 0.1) is 6.54 Å². The van der Waals surface area contributed by atoms with Gasteiger partial charge in [0.25, 0.3) is 0 Å². The Labute approximate surface area is 108 Å². The zero-order valence-electron chi connectivity index (χ0n) is 10.0. The van der Waals surface area contributed by atoms with Crippen LogP contribution in [-0.2, 0) is 14.4 Å². The van der Waals surface area contributed by atoms with Crippen LogP contribution in [0.5, 0.6) is 0 Å². The van der Waals surface area contributed by atoms with Gasteiger partial charge in [-0.05, 0) is 13.8 Å². The van der Waals surface area contributed by atoms with Crippen molar-refractivity contribution in [3.8, 4) is 0 Å². The van der Waals surface area contributed by atoms with E-state index in [-0.39, 0.29) is 17.8 Å². The Bertz CT molecular complexity index is 425. The molecular weight excluding hydrogens is 258 g/mol. The molecule has 0 aromatic rings. The number of nitrogens with one attached hydrogen (secondary N) is 1. The number of nitrogens with zero attached hydrogens (tertiary/aromatic N) is 1. The summed E-state index contributed by atoms with van der Waals surface area (Å²) in [5.41, 5.74) is 5.17. The number of β-lactam (4-membered cyclic amide) rings is 1. The Morgan fingerprint density at radius 1 is 1.56 bits per heavy atom. The van der Waals surface area contributed by atoms with Crippen LogP contribution in [0.4, 0.5) is 0 Å². The molecule has 0 aromatic heterocycles. The lowest BCUT2D eigenvalue weighted by atomic mass is 9.96. The van der Waals surface area contributed by atoms with Crippen LogP contribution in [0.25, 0.3) is 0 Å². The largest absolute Gasteiger partial charge is 0.480 e. The van der Waals surface area contributed by atoms with Crippen LogP contribution in [0.1, 0.15) is 13.8 Å². The smallest absolute Gasteiger partial charge is 0.327 e. The van der Waals surface area contributed by atoms with E-state index < -0.39 is 28.7 Å². The molecule has 0 aliphatic carbocycles. The summed E-state index contributed by atoms with van der Waals surface area (Å²) in [5, 5.41) is 11.4. The van der Waals surface area contributed by atoms with Gasteiger partial charge in [0, 0.05) is 4.75 Å². The van der Waals surface area contributed by atoms with Crippen LogP contribution in [-0.4, -0.2) is 56.5 Å². The molecule has 0 unspecified atom stereocenters. The summed E-state index contributed by atoms with van der Waals surface area (Å²) in [7, 11) is 0. The summed E-state index contributed by atoms with van der Waals surface area (Å²) in [6, 6.07) is -1.51. The Morgan fingerprint density at radius 3 is 2.67 bits per heavy atom. The lowest BCUT2D eigenvalue weighted by molar-refractivity contribution is -0.161. The maximum Gasteiger partial charge on any atom is 0.327 e. The number of fused-ring (bicyclic) bond motifs is 1. The first-order valence-corrected chi connectivity index (χ1v) is 6.40. The second-order valence-corrected chi connectivity index (χ2v) is 6.62. The van der Waals surface area contributed by atoms with Gasteiger partial charge in [-0.25, -0.2) is 4.79 Å². The third-order valence-electron chi connectivity index (χ3n) is 3.18. The lowest BCUT2D eigenvalue weighted by Crippen LogP contribution is -2.71. The first kappa shape index (κ1) is 13.2. The minimum absolute atomic E-state index is 0.188. The highest BCUT2D eigenvalue weighted by atomic mass is 32.2. The fourth-order valence-corrected chi connectivity index (χ4v) is 4.00. The minimum Gasteiger partial charge on any atom is -0.480 e. The van der Waals surface area contributed by atoms with Gasteiger partial charge in [-0.1, -0.05) is 0 Å². The molecule has 7 nitrogen and oxygen atoms in total. The number of amides is 2. The van der Waals surface area contributed by atoms with Crippen LogP contribution in [0.2, 0.25) is 0 Å². The second-order valence-electron chi connectivity index (χ2n) is 4.85. The predicted octanol–water partition coefficient (Wildman–Crippen LogP) is -1.42. The van der Waals surface area contributed by atoms with E-state index >= 15 is 0 Å². The molecule has 0 radical (unpaired) electrons. The molecule has 0 spiro atoms. The number of hydrogen-bond donors (Lipinski definition) is 3. The van der Waals surface area contributed by atoms with Gasteiger partial charge < -0.3 is 21.1 Å². The number of carbonyl (C=O) groups excluding carboxylic acids is 2. The summed E-state index contributed by atoms with van der Waals surface area (Å²) < 4.78 is -0.575. The Kier molecular flexibility index (Phi) is 3.02. The van der Waals surface area contributed by atoms with Crippen LogP contribution in [0, 0.1) is 0 Å². The first-order valence-electron chi connectivity index (χ1n) is 5.52. The standard InChI is InChI=1S/C10H15N3O4S/c1-10(2)6(9(16)17)13-7(15)5(8(13)18-10)12-4(14)3-11/h5-6,8H,3,11H2,1-2H3,(H,12,14)(H,16,17)/t5-,6+,8-/m1/s1. The van der Waals surface area contributed by atoms with Gasteiger partial charge in [0.15, 0.2) is 0 Å². The van der Waals surface area contributed by atoms with Gasteiger partial charge in [0.2, 0.25) is 11.8 Å². The SMILES string of the molecule is CC1(C)S[C@@H]2[C@H](NC(=O)CN)C(=O)N2[C@H]1C(=O)O. The molecule has 100 valence electrons. The van der Waals surface area contributed by atoms with Crippen LogP contribution >= 0.6 is 11.8 Å². The monoisotopic (exact) mass is 273 g/mol. The minimum atomic E-state index is -1.02. The number of thioether (sulfide) groups is 1. The molecule has 0 bridgehead atoms. The average molecular weight is 273 g/mol. The number of carboxylic acid groups (broad SMARTS) is 1. The molecule has 0 aromatic carbocycles. The number of nitrogens with two attached hydrogens (primary N) is 1. The zero-order valence-corrected chi connectivity index (χ0v) is 10.9. The van der Waals surface area contributed by atoms with E-state index in [1.807, 2.05) is 0 Å². The summed E-state index contributed by atoms with van der Waals surface area (Å²) in [5.74, 6) is -1.79. The average Bonchev–Trinajstić information content (AvgIpc) is 2.54. The normalized spacial score (nSPS) is 32.7. The molecule has 2 aliphatic rings. The highest BCUT2D eigenvalue weighted by molar-refractivity contribution is 8.01. The highest BCUT2D eigenvalue weighted by Gasteiger charge is 2.64. The Morgan fingerprint density at radius 2 is 2.17 bits per heavy atom. The lowest BCUT2D eigenvalue weighted by Gasteiger charge is -2.43. The summed E-state index contributed by atoms with van der Waals surface area (Å²) in [4.78, 5) is 35.6. The van der Waals surface area contributed by atoms with E-state index in [9.17, 15) is 19.5 Å². The quantitative estimate of drug-likeness (QED) is 0.544. The summed E-state index contributed by atoms with van der Waals surface area (Å²) >= 11 is 1.39. The van der Waals surface area contributed by atoms with Crippen molar-refractivity contribution in [1.82, 2.24) is 10.2 Å². The fraction of sp³-hybridized carbons (Fsp3) is 0.700. The molecule has 8 heteroatoms. The van der Waals surface area contributed by atoms with E-state index in [0.29, 0.717) is 0 Å². The maximum atomic E-state index is 11.9. The molecule has 18 heavy (non-hydrogen) atoms. The van der Waals surface area contributed by atoms with E-state index in [4.69, 9.17) is 5.73 Å². The van der Waals surface area contributed by atoms with E-state index in [0.717, 1.165) is 0 Å². The van der Waals surface area contributed by atoms with Gasteiger partial charge in [-0.2, -0.15) is 0 Å². The van der Waals surface area contributed by atoms with Crippen molar-refractivity contribution in [3.63, 3.8) is 0 Å². The van der Waals surface area contributed by atoms with E-state index in [1.165, 1.54) is 16.7 Å². The number of carbonyl (C=O) groups is 3. The maximum absolute atomic E-state index is 11.9. The number of hydrogen-bond acceptors (Lipinski definition) is 5. The molecular formula is C10H15N3O4S. The molecule has 2 heterocycles. The van der Waals surface area contributed by atoms with Crippen molar-refractivity contribution in [1.29, 1.82) is 0 Å². The zero-order chi connectivity index (χ0) is 13.7. The molecule has 0 saturated carbocycles. The molecule has 2 saturated heterocycles. The van der Waals surface area contributed by atoms with E-state index in [1.54, 1.807) is 13.8 Å². The number of aliphatic carboxylic acids is 1. The second kappa shape index (κ2) is 4.13. The van der Waals surface area contributed by atoms with Crippen molar-refractivity contribution in [2.45, 2.75) is 36.1 Å². The Balaban J connectivity index is 2.16. The fourth-order valence-electron chi connectivity index (χ4n) is 2.38. The topological polar surface area (TPSA) is 113 Å². The third kappa shape index (κ3) is 1.76. The van der Waals surface area contributed by atoms with Crippen molar-refractivity contribution in [2.75, 3.05) is 6.54 Å². The van der Waals surface area contributed by atoms with Gasteiger partial charge >= 0.3 is 5.97 Å². The molecule has 4 N–H and O–H groups in total. The highest BCUT2D eigenvalue weighted by Crippen LogP contribution is 2.50. The predicted molar refractivity (Wildman–Crippen MR) is 64.7 cm³/mol. The van der Waals surface area contributed by atoms with Crippen molar-refractivity contribution < 1.29 is 19.5 Å².